The number of rotatable bonds is 6. The van der Waals surface area contributed by atoms with E-state index < -0.39 is 0 Å². The van der Waals surface area contributed by atoms with Gasteiger partial charge in [-0.25, -0.2) is 0 Å². The largest absolute Gasteiger partial charge is 0.327 e. The van der Waals surface area contributed by atoms with Crippen molar-refractivity contribution in [1.29, 1.82) is 0 Å². The minimum absolute atomic E-state index is 0.240. The summed E-state index contributed by atoms with van der Waals surface area (Å²) in [5.41, 5.74) is 7.41. The third kappa shape index (κ3) is 4.70. The summed E-state index contributed by atoms with van der Waals surface area (Å²) >= 11 is 8.11. The average molecular weight is 298 g/mol. The standard InChI is InChI=1S/C16H24ClNS/c1-2-15(18)10-13-9-14(17)7-8-16(13)19-11-12-5-3-4-6-12/h7-9,12,15H,2-6,10-11,18H2,1H3. The SMILES string of the molecule is CCC(N)Cc1cc(Cl)ccc1SCC1CCCC1. The molecule has 1 nitrogen and oxygen atoms in total. The van der Waals surface area contributed by atoms with Gasteiger partial charge in [-0.1, -0.05) is 31.4 Å². The lowest BCUT2D eigenvalue weighted by molar-refractivity contribution is 0.622. The van der Waals surface area contributed by atoms with E-state index in [-0.39, 0.29) is 6.04 Å². The number of thioether (sulfide) groups is 1. The smallest absolute Gasteiger partial charge is 0.0409 e. The first-order chi connectivity index (χ1) is 9.19. The first-order valence-electron chi connectivity index (χ1n) is 7.36. The quantitative estimate of drug-likeness (QED) is 0.756. The predicted octanol–water partition coefficient (Wildman–Crippen LogP) is 4.90. The Morgan fingerprint density at radius 1 is 1.37 bits per heavy atom. The zero-order valence-corrected chi connectivity index (χ0v) is 13.3. The highest BCUT2D eigenvalue weighted by atomic mass is 35.5. The molecule has 0 bridgehead atoms. The maximum atomic E-state index is 6.12. The lowest BCUT2D eigenvalue weighted by atomic mass is 10.0. The zero-order chi connectivity index (χ0) is 13.7. The summed E-state index contributed by atoms with van der Waals surface area (Å²) in [5, 5.41) is 0.823. The van der Waals surface area contributed by atoms with Crippen molar-refractivity contribution in [3.63, 3.8) is 0 Å². The number of hydrogen-bond donors (Lipinski definition) is 1. The van der Waals surface area contributed by atoms with Gasteiger partial charge in [0.05, 0.1) is 0 Å². The summed E-state index contributed by atoms with van der Waals surface area (Å²) in [5.74, 6) is 2.16. The summed E-state index contributed by atoms with van der Waals surface area (Å²) in [4.78, 5) is 1.38. The van der Waals surface area contributed by atoms with Crippen molar-refractivity contribution in [3.05, 3.63) is 28.8 Å². The Bertz CT molecular complexity index is 402. The molecule has 2 N–H and O–H groups in total. The third-order valence-corrected chi connectivity index (χ3v) is 5.56. The molecule has 0 radical (unpaired) electrons. The number of nitrogens with two attached hydrogens (primary N) is 1. The minimum Gasteiger partial charge on any atom is -0.327 e. The Morgan fingerprint density at radius 3 is 2.79 bits per heavy atom. The van der Waals surface area contributed by atoms with Gasteiger partial charge in [0.25, 0.3) is 0 Å². The van der Waals surface area contributed by atoms with Crippen molar-refractivity contribution < 1.29 is 0 Å². The van der Waals surface area contributed by atoms with Crippen LogP contribution in [0.3, 0.4) is 0 Å². The van der Waals surface area contributed by atoms with Crippen LogP contribution in [0.15, 0.2) is 23.1 Å². The van der Waals surface area contributed by atoms with Crippen molar-refractivity contribution >= 4 is 23.4 Å². The van der Waals surface area contributed by atoms with Crippen LogP contribution in [-0.2, 0) is 6.42 Å². The Labute approximate surface area is 126 Å². The van der Waals surface area contributed by atoms with E-state index in [4.69, 9.17) is 17.3 Å². The third-order valence-electron chi connectivity index (χ3n) is 3.98. The number of benzene rings is 1. The molecule has 3 heteroatoms. The van der Waals surface area contributed by atoms with Gasteiger partial charge in [0.1, 0.15) is 0 Å². The van der Waals surface area contributed by atoms with Gasteiger partial charge in [-0.2, -0.15) is 0 Å². The Morgan fingerprint density at radius 2 is 2.11 bits per heavy atom. The van der Waals surface area contributed by atoms with Gasteiger partial charge in [-0.05, 0) is 55.4 Å². The molecule has 0 heterocycles. The molecule has 1 saturated carbocycles. The fraction of sp³-hybridized carbons (Fsp3) is 0.625. The van der Waals surface area contributed by atoms with Crippen LogP contribution in [0.25, 0.3) is 0 Å². The summed E-state index contributed by atoms with van der Waals surface area (Å²) in [6, 6.07) is 6.50. The van der Waals surface area contributed by atoms with Crippen LogP contribution in [0.5, 0.6) is 0 Å². The lowest BCUT2D eigenvalue weighted by Gasteiger charge is -2.15. The van der Waals surface area contributed by atoms with Crippen molar-refractivity contribution in [1.82, 2.24) is 0 Å². The Balaban J connectivity index is 2.00. The van der Waals surface area contributed by atoms with Gasteiger partial charge < -0.3 is 5.73 Å². The molecule has 0 aromatic heterocycles. The molecular weight excluding hydrogens is 274 g/mol. The monoisotopic (exact) mass is 297 g/mol. The zero-order valence-electron chi connectivity index (χ0n) is 11.7. The molecule has 2 rings (SSSR count). The Kier molecular flexibility index (Phi) is 6.06. The number of halogens is 1. The molecule has 1 aromatic rings. The van der Waals surface area contributed by atoms with Crippen LogP contribution in [0, 0.1) is 5.92 Å². The summed E-state index contributed by atoms with van der Waals surface area (Å²) in [6.45, 7) is 2.14. The van der Waals surface area contributed by atoms with E-state index in [1.807, 2.05) is 17.8 Å². The molecule has 1 atom stereocenters. The van der Waals surface area contributed by atoms with E-state index in [9.17, 15) is 0 Å². The molecule has 0 spiro atoms. The van der Waals surface area contributed by atoms with Crippen molar-refractivity contribution in [2.75, 3.05) is 5.75 Å². The normalized spacial score (nSPS) is 17.8. The fourth-order valence-corrected chi connectivity index (χ4v) is 4.10. The molecule has 0 saturated heterocycles. The molecule has 1 fully saturated rings. The minimum atomic E-state index is 0.240. The second-order valence-corrected chi connectivity index (χ2v) is 7.08. The van der Waals surface area contributed by atoms with Gasteiger partial charge in [0, 0.05) is 21.7 Å². The van der Waals surface area contributed by atoms with Crippen LogP contribution in [0.2, 0.25) is 5.02 Å². The predicted molar refractivity (Wildman–Crippen MR) is 86.1 cm³/mol. The maximum Gasteiger partial charge on any atom is 0.0409 e. The molecule has 1 unspecified atom stereocenters. The molecule has 0 amide bonds. The summed E-state index contributed by atoms with van der Waals surface area (Å²) in [7, 11) is 0. The second kappa shape index (κ2) is 7.56. The lowest BCUT2D eigenvalue weighted by Crippen LogP contribution is -2.21. The first kappa shape index (κ1) is 15.2. The molecular formula is C16H24ClNS. The van der Waals surface area contributed by atoms with E-state index in [1.54, 1.807) is 0 Å². The van der Waals surface area contributed by atoms with Gasteiger partial charge >= 0.3 is 0 Å². The molecule has 1 aliphatic carbocycles. The van der Waals surface area contributed by atoms with Gasteiger partial charge in [0.15, 0.2) is 0 Å². The fourth-order valence-electron chi connectivity index (χ4n) is 2.66. The van der Waals surface area contributed by atoms with E-state index in [0.717, 1.165) is 23.8 Å². The summed E-state index contributed by atoms with van der Waals surface area (Å²) in [6.07, 6.45) is 7.59. The molecule has 0 aliphatic heterocycles. The van der Waals surface area contributed by atoms with E-state index in [0.29, 0.717) is 0 Å². The van der Waals surface area contributed by atoms with E-state index in [2.05, 4.69) is 19.1 Å². The highest BCUT2D eigenvalue weighted by Crippen LogP contribution is 2.33. The summed E-state index contributed by atoms with van der Waals surface area (Å²) < 4.78 is 0. The van der Waals surface area contributed by atoms with Crippen LogP contribution in [0.1, 0.15) is 44.6 Å². The topological polar surface area (TPSA) is 26.0 Å². The van der Waals surface area contributed by atoms with Crippen LogP contribution in [-0.4, -0.2) is 11.8 Å². The molecule has 1 aliphatic rings. The van der Waals surface area contributed by atoms with Gasteiger partial charge in [0.2, 0.25) is 0 Å². The van der Waals surface area contributed by atoms with Gasteiger partial charge in [-0.3, -0.25) is 0 Å². The average Bonchev–Trinajstić information content (AvgIpc) is 2.91. The highest BCUT2D eigenvalue weighted by Gasteiger charge is 2.16. The molecule has 106 valence electrons. The van der Waals surface area contributed by atoms with Crippen molar-refractivity contribution in [2.24, 2.45) is 11.7 Å². The van der Waals surface area contributed by atoms with E-state index in [1.165, 1.54) is 41.9 Å². The van der Waals surface area contributed by atoms with Crippen molar-refractivity contribution in [3.8, 4) is 0 Å². The molecule has 1 aromatic carbocycles. The van der Waals surface area contributed by atoms with E-state index >= 15 is 0 Å². The van der Waals surface area contributed by atoms with Crippen LogP contribution < -0.4 is 5.73 Å². The first-order valence-corrected chi connectivity index (χ1v) is 8.72. The molecule has 19 heavy (non-hydrogen) atoms. The Hall–Kier alpha value is -0.180. The van der Waals surface area contributed by atoms with Gasteiger partial charge in [-0.15, -0.1) is 11.8 Å². The van der Waals surface area contributed by atoms with Crippen molar-refractivity contribution in [2.45, 2.75) is 56.4 Å². The second-order valence-electron chi connectivity index (χ2n) is 5.59. The maximum absolute atomic E-state index is 6.12. The number of hydrogen-bond acceptors (Lipinski definition) is 2. The highest BCUT2D eigenvalue weighted by molar-refractivity contribution is 7.99. The van der Waals surface area contributed by atoms with Crippen LogP contribution in [0.4, 0.5) is 0 Å². The van der Waals surface area contributed by atoms with Crippen LogP contribution >= 0.6 is 23.4 Å².